The van der Waals surface area contributed by atoms with Crippen molar-refractivity contribution in [2.45, 2.75) is 36.6 Å². The number of carbonyl (C=O) groups excluding carboxylic acids is 1. The Hall–Kier alpha value is -1.98. The van der Waals surface area contributed by atoms with E-state index in [9.17, 15) is 21.6 Å². The number of rotatable bonds is 9. The maximum atomic E-state index is 12.4. The van der Waals surface area contributed by atoms with Crippen molar-refractivity contribution in [1.82, 2.24) is 14.8 Å². The zero-order chi connectivity index (χ0) is 22.5. The van der Waals surface area contributed by atoms with Crippen molar-refractivity contribution >= 4 is 37.6 Å². The number of sulfonamides is 2. The predicted octanol–water partition coefficient (Wildman–Crippen LogP) is 1.72. The first-order chi connectivity index (χ1) is 13.9. The summed E-state index contributed by atoms with van der Waals surface area (Å²) in [5.41, 5.74) is 1.43. The van der Waals surface area contributed by atoms with E-state index in [2.05, 4.69) is 14.8 Å². The van der Waals surface area contributed by atoms with Gasteiger partial charge in [0.25, 0.3) is 0 Å². The molecule has 0 aliphatic rings. The molecule has 0 aromatic heterocycles. The Morgan fingerprint density at radius 2 is 1.60 bits per heavy atom. The Morgan fingerprint density at radius 3 is 2.23 bits per heavy atom. The third kappa shape index (κ3) is 6.51. The largest absolute Gasteiger partial charge is 0.353 e. The molecule has 1 atom stereocenters. The van der Waals surface area contributed by atoms with Gasteiger partial charge in [0.1, 0.15) is 0 Å². The minimum atomic E-state index is -3.90. The molecular weight excluding hydrogens is 450 g/mol. The molecule has 3 N–H and O–H groups in total. The van der Waals surface area contributed by atoms with Gasteiger partial charge in [-0.25, -0.2) is 21.6 Å². The van der Waals surface area contributed by atoms with E-state index in [0.717, 1.165) is 5.56 Å². The maximum absolute atomic E-state index is 12.4. The molecule has 2 aromatic carbocycles. The number of hydrogen-bond acceptors (Lipinski definition) is 5. The second kappa shape index (κ2) is 9.88. The molecule has 0 aliphatic carbocycles. The lowest BCUT2D eigenvalue weighted by Crippen LogP contribution is -2.46. The fourth-order valence-electron chi connectivity index (χ4n) is 2.57. The number of halogens is 1. The van der Waals surface area contributed by atoms with Crippen LogP contribution >= 0.6 is 11.6 Å². The van der Waals surface area contributed by atoms with Crippen molar-refractivity contribution in [2.24, 2.45) is 0 Å². The van der Waals surface area contributed by atoms with Crippen LogP contribution in [0.3, 0.4) is 0 Å². The summed E-state index contributed by atoms with van der Waals surface area (Å²) in [6.45, 7) is 4.84. The average Bonchev–Trinajstić information content (AvgIpc) is 2.66. The molecule has 0 radical (unpaired) electrons. The molecule has 0 saturated heterocycles. The van der Waals surface area contributed by atoms with E-state index < -0.39 is 32.0 Å². The summed E-state index contributed by atoms with van der Waals surface area (Å²) in [7, 11) is -7.62. The minimum Gasteiger partial charge on any atom is -0.353 e. The summed E-state index contributed by atoms with van der Waals surface area (Å²) in [6, 6.07) is 9.59. The average molecular weight is 474 g/mol. The Bertz CT molecular complexity index is 1120. The SMILES string of the molecule is Cc1ccc(C)c(S(=O)(=O)NCCNC(=O)[C@H](C)NS(=O)(=O)c2ccc(Cl)cc2)c1. The van der Waals surface area contributed by atoms with Crippen molar-refractivity contribution in [2.75, 3.05) is 13.1 Å². The van der Waals surface area contributed by atoms with E-state index in [1.807, 2.05) is 6.07 Å². The molecule has 0 fully saturated rings. The van der Waals surface area contributed by atoms with Crippen molar-refractivity contribution in [3.63, 3.8) is 0 Å². The Morgan fingerprint density at radius 1 is 0.967 bits per heavy atom. The molecule has 30 heavy (non-hydrogen) atoms. The van der Waals surface area contributed by atoms with Gasteiger partial charge in [-0.05, 0) is 62.2 Å². The van der Waals surface area contributed by atoms with Crippen LogP contribution in [-0.2, 0) is 24.8 Å². The van der Waals surface area contributed by atoms with Crippen molar-refractivity contribution in [3.8, 4) is 0 Å². The third-order valence-electron chi connectivity index (χ3n) is 4.20. The maximum Gasteiger partial charge on any atom is 0.241 e. The topological polar surface area (TPSA) is 121 Å². The van der Waals surface area contributed by atoms with Crippen LogP contribution in [0, 0.1) is 13.8 Å². The smallest absolute Gasteiger partial charge is 0.241 e. The lowest BCUT2D eigenvalue weighted by atomic mass is 10.2. The summed E-state index contributed by atoms with van der Waals surface area (Å²) in [6.07, 6.45) is 0. The van der Waals surface area contributed by atoms with Crippen molar-refractivity contribution in [1.29, 1.82) is 0 Å². The quantitative estimate of drug-likeness (QED) is 0.479. The second-order valence-electron chi connectivity index (χ2n) is 6.75. The molecule has 11 heteroatoms. The molecule has 0 spiro atoms. The summed E-state index contributed by atoms with van der Waals surface area (Å²) >= 11 is 5.75. The Balaban J connectivity index is 1.88. The molecule has 0 saturated carbocycles. The van der Waals surface area contributed by atoms with Crippen LogP contribution in [0.1, 0.15) is 18.1 Å². The monoisotopic (exact) mass is 473 g/mol. The number of hydrogen-bond donors (Lipinski definition) is 3. The van der Waals surface area contributed by atoms with Gasteiger partial charge in [-0.3, -0.25) is 4.79 Å². The van der Waals surface area contributed by atoms with E-state index in [-0.39, 0.29) is 22.9 Å². The zero-order valence-electron chi connectivity index (χ0n) is 16.8. The molecular formula is C19H24ClN3O5S2. The summed E-state index contributed by atoms with van der Waals surface area (Å²) in [5, 5.41) is 2.89. The Kier molecular flexibility index (Phi) is 8.00. The third-order valence-corrected chi connectivity index (χ3v) is 7.61. The fourth-order valence-corrected chi connectivity index (χ4v) is 5.26. The number of nitrogens with one attached hydrogen (secondary N) is 3. The van der Waals surface area contributed by atoms with Gasteiger partial charge < -0.3 is 5.32 Å². The van der Waals surface area contributed by atoms with Crippen molar-refractivity contribution < 1.29 is 21.6 Å². The number of carbonyl (C=O) groups is 1. The van der Waals surface area contributed by atoms with Gasteiger partial charge >= 0.3 is 0 Å². The van der Waals surface area contributed by atoms with Gasteiger partial charge in [0.15, 0.2) is 0 Å². The molecule has 8 nitrogen and oxygen atoms in total. The first-order valence-corrected chi connectivity index (χ1v) is 12.4. The number of amides is 1. The van der Waals surface area contributed by atoms with Crippen LogP contribution in [0.5, 0.6) is 0 Å². The molecule has 164 valence electrons. The predicted molar refractivity (Wildman–Crippen MR) is 115 cm³/mol. The fraction of sp³-hybridized carbons (Fsp3) is 0.316. The highest BCUT2D eigenvalue weighted by molar-refractivity contribution is 7.89. The van der Waals surface area contributed by atoms with Gasteiger partial charge in [0.05, 0.1) is 15.8 Å². The van der Waals surface area contributed by atoms with E-state index in [0.29, 0.717) is 10.6 Å². The second-order valence-corrected chi connectivity index (χ2v) is 10.6. The summed E-state index contributed by atoms with van der Waals surface area (Å²) in [4.78, 5) is 12.3. The van der Waals surface area contributed by atoms with E-state index in [1.54, 1.807) is 26.0 Å². The first kappa shape index (κ1) is 24.3. The zero-order valence-corrected chi connectivity index (χ0v) is 19.2. The van der Waals surface area contributed by atoms with E-state index in [4.69, 9.17) is 11.6 Å². The summed E-state index contributed by atoms with van der Waals surface area (Å²) < 4.78 is 54.2. The highest BCUT2D eigenvalue weighted by atomic mass is 35.5. The minimum absolute atomic E-state index is 0.00403. The van der Waals surface area contributed by atoms with E-state index in [1.165, 1.54) is 31.2 Å². The van der Waals surface area contributed by atoms with Crippen molar-refractivity contribution in [3.05, 3.63) is 58.6 Å². The van der Waals surface area contributed by atoms with Gasteiger partial charge in [-0.1, -0.05) is 23.7 Å². The van der Waals surface area contributed by atoms with Gasteiger partial charge in [0, 0.05) is 18.1 Å². The molecule has 2 rings (SSSR count). The normalized spacial score (nSPS) is 13.1. The van der Waals surface area contributed by atoms with Crippen LogP contribution in [-0.4, -0.2) is 41.9 Å². The summed E-state index contributed by atoms with van der Waals surface area (Å²) in [5.74, 6) is -0.585. The molecule has 2 aromatic rings. The number of benzene rings is 2. The lowest BCUT2D eigenvalue weighted by molar-refractivity contribution is -0.122. The molecule has 0 heterocycles. The lowest BCUT2D eigenvalue weighted by Gasteiger charge is -2.15. The molecule has 0 aliphatic heterocycles. The highest BCUT2D eigenvalue weighted by Gasteiger charge is 2.22. The standard InChI is InChI=1S/C19H24ClN3O5S2/c1-13-4-5-14(2)18(12-13)30(27,28)22-11-10-21-19(24)15(3)23-29(25,26)17-8-6-16(20)7-9-17/h4-9,12,15,22-23H,10-11H2,1-3H3,(H,21,24)/t15-/m0/s1. The van der Waals surface area contributed by atoms with Crippen LogP contribution in [0.25, 0.3) is 0 Å². The van der Waals surface area contributed by atoms with E-state index >= 15 is 0 Å². The highest BCUT2D eigenvalue weighted by Crippen LogP contribution is 2.16. The van der Waals surface area contributed by atoms with Gasteiger partial charge in [-0.15, -0.1) is 0 Å². The van der Waals surface area contributed by atoms with Gasteiger partial charge in [-0.2, -0.15) is 4.72 Å². The van der Waals surface area contributed by atoms with Gasteiger partial charge in [0.2, 0.25) is 26.0 Å². The molecule has 0 unspecified atom stereocenters. The van der Waals surface area contributed by atoms with Crippen LogP contribution in [0.4, 0.5) is 0 Å². The first-order valence-electron chi connectivity index (χ1n) is 9.05. The number of aryl methyl sites for hydroxylation is 2. The molecule has 0 bridgehead atoms. The van der Waals surface area contributed by atoms with Crippen LogP contribution in [0.15, 0.2) is 52.3 Å². The Labute approximate surface area is 182 Å². The van der Waals surface area contributed by atoms with Crippen LogP contribution < -0.4 is 14.8 Å². The van der Waals surface area contributed by atoms with Crippen LogP contribution in [0.2, 0.25) is 5.02 Å². The molecule has 1 amide bonds.